The van der Waals surface area contributed by atoms with E-state index in [-0.39, 0.29) is 18.0 Å². The van der Waals surface area contributed by atoms with Gasteiger partial charge in [-0.1, -0.05) is 48.5 Å². The maximum absolute atomic E-state index is 12.9. The van der Waals surface area contributed by atoms with E-state index >= 15 is 0 Å². The fourth-order valence-electron chi connectivity index (χ4n) is 3.17. The quantitative estimate of drug-likeness (QED) is 0.681. The van der Waals surface area contributed by atoms with Crippen LogP contribution in [0.1, 0.15) is 38.1 Å². The van der Waals surface area contributed by atoms with Gasteiger partial charge in [0.15, 0.2) is 0 Å². The Balaban J connectivity index is 1.65. The molecule has 0 aliphatic rings. The molecule has 2 unspecified atom stereocenters. The van der Waals surface area contributed by atoms with E-state index in [1.54, 1.807) is 0 Å². The molecular weight excluding hydrogens is 324 g/mol. The molecule has 0 aliphatic carbocycles. The molecule has 1 amide bonds. The highest BCUT2D eigenvalue weighted by molar-refractivity contribution is 5.81. The van der Waals surface area contributed by atoms with Crippen molar-refractivity contribution in [2.45, 2.75) is 39.4 Å². The van der Waals surface area contributed by atoms with Gasteiger partial charge in [-0.15, -0.1) is 0 Å². The molecule has 4 nitrogen and oxygen atoms in total. The Labute approximate surface area is 154 Å². The maximum atomic E-state index is 12.9. The lowest BCUT2D eigenvalue weighted by molar-refractivity contribution is -0.133. The summed E-state index contributed by atoms with van der Waals surface area (Å²) in [7, 11) is 0. The van der Waals surface area contributed by atoms with Crippen molar-refractivity contribution in [3.8, 4) is 0 Å². The van der Waals surface area contributed by atoms with E-state index in [1.807, 2.05) is 86.3 Å². The summed E-state index contributed by atoms with van der Waals surface area (Å²) >= 11 is 0. The van der Waals surface area contributed by atoms with E-state index < -0.39 is 0 Å². The van der Waals surface area contributed by atoms with Crippen LogP contribution in [0.3, 0.4) is 0 Å². The summed E-state index contributed by atoms with van der Waals surface area (Å²) < 4.78 is 5.91. The summed E-state index contributed by atoms with van der Waals surface area (Å²) in [6, 6.07) is 19.7. The fraction of sp³-hybridized carbons (Fsp3) is 0.318. The van der Waals surface area contributed by atoms with Crippen LogP contribution in [0, 0.1) is 0 Å². The van der Waals surface area contributed by atoms with Crippen LogP contribution in [0.5, 0.6) is 0 Å². The number of para-hydroxylation sites is 1. The Morgan fingerprint density at radius 3 is 2.46 bits per heavy atom. The van der Waals surface area contributed by atoms with Crippen LogP contribution in [0.15, 0.2) is 65.1 Å². The average molecular weight is 350 g/mol. The molecular formula is C22H26N2O2. The van der Waals surface area contributed by atoms with Gasteiger partial charge in [0.25, 0.3) is 0 Å². The fourth-order valence-corrected chi connectivity index (χ4v) is 3.17. The van der Waals surface area contributed by atoms with Gasteiger partial charge < -0.3 is 9.32 Å². The third-order valence-electron chi connectivity index (χ3n) is 4.65. The molecule has 0 bridgehead atoms. The van der Waals surface area contributed by atoms with Crippen molar-refractivity contribution in [2.75, 3.05) is 6.54 Å². The molecule has 26 heavy (non-hydrogen) atoms. The molecule has 2 aromatic carbocycles. The highest BCUT2D eigenvalue weighted by atomic mass is 16.3. The molecule has 4 heteroatoms. The Hall–Kier alpha value is -2.59. The van der Waals surface area contributed by atoms with Crippen molar-refractivity contribution in [2.24, 2.45) is 0 Å². The minimum Gasteiger partial charge on any atom is -0.459 e. The molecule has 1 N–H and O–H groups in total. The van der Waals surface area contributed by atoms with Gasteiger partial charge in [0, 0.05) is 18.5 Å². The van der Waals surface area contributed by atoms with Crippen LogP contribution in [0.25, 0.3) is 11.0 Å². The first-order valence-corrected chi connectivity index (χ1v) is 9.15. The monoisotopic (exact) mass is 350 g/mol. The van der Waals surface area contributed by atoms with Crippen LogP contribution in [-0.4, -0.2) is 23.4 Å². The van der Waals surface area contributed by atoms with E-state index in [1.165, 1.54) is 0 Å². The van der Waals surface area contributed by atoms with Gasteiger partial charge in [0.1, 0.15) is 11.3 Å². The van der Waals surface area contributed by atoms with Crippen molar-refractivity contribution in [3.63, 3.8) is 0 Å². The van der Waals surface area contributed by atoms with Gasteiger partial charge in [-0.3, -0.25) is 10.1 Å². The van der Waals surface area contributed by atoms with Crippen LogP contribution in [0.2, 0.25) is 0 Å². The zero-order chi connectivity index (χ0) is 18.5. The molecule has 3 aromatic rings. The highest BCUT2D eigenvalue weighted by Crippen LogP contribution is 2.24. The van der Waals surface area contributed by atoms with Gasteiger partial charge in [-0.2, -0.15) is 0 Å². The molecule has 0 aliphatic heterocycles. The van der Waals surface area contributed by atoms with E-state index in [9.17, 15) is 4.79 Å². The molecule has 0 radical (unpaired) electrons. The summed E-state index contributed by atoms with van der Waals surface area (Å²) in [5.74, 6) is 0.941. The summed E-state index contributed by atoms with van der Waals surface area (Å²) in [6.45, 7) is 7.25. The van der Waals surface area contributed by atoms with Gasteiger partial charge in [-0.05, 0) is 38.5 Å². The molecule has 1 aromatic heterocycles. The molecule has 0 saturated heterocycles. The number of carbonyl (C=O) groups is 1. The summed E-state index contributed by atoms with van der Waals surface area (Å²) in [4.78, 5) is 14.7. The smallest absolute Gasteiger partial charge is 0.239 e. The first kappa shape index (κ1) is 18.2. The number of amides is 1. The highest BCUT2D eigenvalue weighted by Gasteiger charge is 2.22. The second kappa shape index (κ2) is 8.19. The number of hydrogen-bond donors (Lipinski definition) is 1. The summed E-state index contributed by atoms with van der Waals surface area (Å²) in [5.41, 5.74) is 2.01. The van der Waals surface area contributed by atoms with Crippen LogP contribution < -0.4 is 5.32 Å². The lowest BCUT2D eigenvalue weighted by Crippen LogP contribution is -2.45. The number of nitrogens with zero attached hydrogens (tertiary/aromatic N) is 1. The van der Waals surface area contributed by atoms with Crippen molar-refractivity contribution < 1.29 is 9.21 Å². The number of nitrogens with one attached hydrogen (secondary N) is 1. The standard InChI is InChI=1S/C22H26N2O2/c1-4-24(15-18-10-6-5-7-11-18)22(25)17(3)23-16(2)21-14-19-12-8-9-13-20(19)26-21/h5-14,16-17,23H,4,15H2,1-3H3. The Bertz CT molecular complexity index is 824. The number of carbonyl (C=O) groups excluding carboxylic acids is 1. The third kappa shape index (κ3) is 4.14. The Kier molecular flexibility index (Phi) is 5.74. The number of fused-ring (bicyclic) bond motifs is 1. The van der Waals surface area contributed by atoms with Crippen LogP contribution in [-0.2, 0) is 11.3 Å². The predicted molar refractivity (Wildman–Crippen MR) is 105 cm³/mol. The molecule has 3 rings (SSSR count). The van der Waals surface area contributed by atoms with Crippen molar-refractivity contribution in [1.29, 1.82) is 0 Å². The average Bonchev–Trinajstić information content (AvgIpc) is 3.10. The van der Waals surface area contributed by atoms with E-state index in [4.69, 9.17) is 4.42 Å². The summed E-state index contributed by atoms with van der Waals surface area (Å²) in [6.07, 6.45) is 0. The predicted octanol–water partition coefficient (Wildman–Crippen LogP) is 4.52. The largest absolute Gasteiger partial charge is 0.459 e. The zero-order valence-corrected chi connectivity index (χ0v) is 15.6. The van der Waals surface area contributed by atoms with Crippen LogP contribution in [0.4, 0.5) is 0 Å². The zero-order valence-electron chi connectivity index (χ0n) is 15.6. The molecule has 136 valence electrons. The first-order valence-electron chi connectivity index (χ1n) is 9.15. The van der Waals surface area contributed by atoms with Gasteiger partial charge in [-0.25, -0.2) is 0 Å². The molecule has 1 heterocycles. The lowest BCUT2D eigenvalue weighted by atomic mass is 10.1. The summed E-state index contributed by atoms with van der Waals surface area (Å²) in [5, 5.41) is 4.45. The minimum absolute atomic E-state index is 0.0446. The molecule has 0 saturated carbocycles. The number of furan rings is 1. The SMILES string of the molecule is CCN(Cc1ccccc1)C(=O)C(C)NC(C)c1cc2ccccc2o1. The molecule has 0 spiro atoms. The second-order valence-electron chi connectivity index (χ2n) is 6.63. The van der Waals surface area contributed by atoms with Gasteiger partial charge >= 0.3 is 0 Å². The normalized spacial score (nSPS) is 13.5. The maximum Gasteiger partial charge on any atom is 0.239 e. The number of hydrogen-bond acceptors (Lipinski definition) is 3. The van der Waals surface area contributed by atoms with Gasteiger partial charge in [0.2, 0.25) is 5.91 Å². The Morgan fingerprint density at radius 2 is 1.77 bits per heavy atom. The van der Waals surface area contributed by atoms with Crippen molar-refractivity contribution >= 4 is 16.9 Å². The number of likely N-dealkylation sites (N-methyl/N-ethyl adjacent to an activating group) is 1. The molecule has 2 atom stereocenters. The van der Waals surface area contributed by atoms with Crippen molar-refractivity contribution in [3.05, 3.63) is 72.0 Å². The number of benzene rings is 2. The molecule has 0 fully saturated rings. The van der Waals surface area contributed by atoms with E-state index in [0.29, 0.717) is 13.1 Å². The van der Waals surface area contributed by atoms with Gasteiger partial charge in [0.05, 0.1) is 12.1 Å². The topological polar surface area (TPSA) is 45.5 Å². The van der Waals surface area contributed by atoms with E-state index in [0.717, 1.165) is 22.3 Å². The first-order chi connectivity index (χ1) is 12.6. The van der Waals surface area contributed by atoms with E-state index in [2.05, 4.69) is 5.32 Å². The second-order valence-corrected chi connectivity index (χ2v) is 6.63. The lowest BCUT2D eigenvalue weighted by Gasteiger charge is -2.26. The minimum atomic E-state index is -0.290. The van der Waals surface area contributed by atoms with Crippen LogP contribution >= 0.6 is 0 Å². The third-order valence-corrected chi connectivity index (χ3v) is 4.65. The number of rotatable bonds is 7. The van der Waals surface area contributed by atoms with Crippen molar-refractivity contribution in [1.82, 2.24) is 10.2 Å². The Morgan fingerprint density at radius 1 is 1.08 bits per heavy atom.